The Morgan fingerprint density at radius 2 is 1.20 bits per heavy atom. The molecular formula is C17H21NO2. The van der Waals surface area contributed by atoms with Crippen LogP contribution < -0.4 is 5.32 Å². The second-order valence-corrected chi connectivity index (χ2v) is 4.69. The van der Waals surface area contributed by atoms with Gasteiger partial charge in [0.15, 0.2) is 0 Å². The normalized spacial score (nSPS) is 11.3. The summed E-state index contributed by atoms with van der Waals surface area (Å²) in [6, 6.07) is 17.3. The molecule has 3 heteroatoms. The van der Waals surface area contributed by atoms with Gasteiger partial charge in [0, 0.05) is 13.1 Å². The maximum Gasteiger partial charge on any atom is 0.0555 e. The Bertz CT molecular complexity index is 493. The first-order chi connectivity index (χ1) is 9.86. The maximum absolute atomic E-state index is 8.15. The molecule has 0 aliphatic heterocycles. The van der Waals surface area contributed by atoms with E-state index < -0.39 is 0 Å². The van der Waals surface area contributed by atoms with E-state index in [9.17, 15) is 0 Å². The summed E-state index contributed by atoms with van der Waals surface area (Å²) in [4.78, 5) is 0. The van der Waals surface area contributed by atoms with Crippen LogP contribution in [0.15, 0.2) is 48.5 Å². The van der Waals surface area contributed by atoms with Gasteiger partial charge in [-0.1, -0.05) is 48.5 Å². The van der Waals surface area contributed by atoms with Gasteiger partial charge >= 0.3 is 0 Å². The molecule has 0 radical (unpaired) electrons. The van der Waals surface area contributed by atoms with Crippen molar-refractivity contribution in [3.63, 3.8) is 0 Å². The summed E-state index contributed by atoms with van der Waals surface area (Å²) >= 11 is 0. The third-order valence-corrected chi connectivity index (χ3v) is 3.28. The van der Waals surface area contributed by atoms with Gasteiger partial charge in [-0.3, -0.25) is 0 Å². The van der Waals surface area contributed by atoms with E-state index in [1.54, 1.807) is 0 Å². The van der Waals surface area contributed by atoms with Crippen LogP contribution in [0.3, 0.4) is 0 Å². The topological polar surface area (TPSA) is 52.5 Å². The van der Waals surface area contributed by atoms with Crippen molar-refractivity contribution in [2.24, 2.45) is 0 Å². The molecular weight excluding hydrogens is 250 g/mol. The van der Waals surface area contributed by atoms with E-state index in [0.717, 1.165) is 6.42 Å². The number of nitrogens with one attached hydrogen (secondary N) is 1. The molecule has 3 nitrogen and oxygen atoms in total. The number of aliphatic hydroxyl groups excluding tert-OH is 2. The number of hydrogen-bond donors (Lipinski definition) is 3. The molecule has 3 rings (SSSR count). The van der Waals surface area contributed by atoms with Crippen LogP contribution >= 0.6 is 0 Å². The molecule has 0 aromatic heterocycles. The maximum atomic E-state index is 8.15. The second-order valence-electron chi connectivity index (χ2n) is 4.69. The average molecular weight is 271 g/mol. The zero-order valence-corrected chi connectivity index (χ0v) is 11.5. The van der Waals surface area contributed by atoms with E-state index in [1.165, 1.54) is 22.3 Å². The number of fused-ring (bicyclic) bond motifs is 3. The van der Waals surface area contributed by atoms with Crippen molar-refractivity contribution in [2.75, 3.05) is 26.3 Å². The van der Waals surface area contributed by atoms with E-state index >= 15 is 0 Å². The molecule has 1 aliphatic carbocycles. The average Bonchev–Trinajstić information content (AvgIpc) is 2.87. The standard InChI is InChI=1S/C13H10.C4H11NO2/c1-3-7-12-10(5-1)9-11-6-2-4-8-13(11)12;6-3-1-5-2-4-7/h1-8H,9H2;5-7H,1-4H2. The van der Waals surface area contributed by atoms with Crippen molar-refractivity contribution in [1.29, 1.82) is 0 Å². The first kappa shape index (κ1) is 14.7. The molecule has 0 saturated carbocycles. The van der Waals surface area contributed by atoms with Crippen LogP contribution in [0.2, 0.25) is 0 Å². The monoisotopic (exact) mass is 271 g/mol. The summed E-state index contributed by atoms with van der Waals surface area (Å²) in [5, 5.41) is 19.1. The molecule has 0 saturated heterocycles. The summed E-state index contributed by atoms with van der Waals surface area (Å²) in [5.41, 5.74) is 5.75. The number of hydrogen-bond acceptors (Lipinski definition) is 3. The van der Waals surface area contributed by atoms with E-state index in [-0.39, 0.29) is 13.2 Å². The van der Waals surface area contributed by atoms with Gasteiger partial charge in [0.1, 0.15) is 0 Å². The summed E-state index contributed by atoms with van der Waals surface area (Å²) in [6.07, 6.45) is 1.10. The summed E-state index contributed by atoms with van der Waals surface area (Å²) < 4.78 is 0. The first-order valence-corrected chi connectivity index (χ1v) is 6.95. The van der Waals surface area contributed by atoms with Crippen molar-refractivity contribution in [3.8, 4) is 11.1 Å². The lowest BCUT2D eigenvalue weighted by molar-refractivity contribution is 0.267. The fraction of sp³-hybridized carbons (Fsp3) is 0.294. The van der Waals surface area contributed by atoms with Crippen molar-refractivity contribution in [3.05, 3.63) is 59.7 Å². The summed E-state index contributed by atoms with van der Waals surface area (Å²) in [5.74, 6) is 0. The van der Waals surface area contributed by atoms with Crippen LogP contribution in [0.25, 0.3) is 11.1 Å². The van der Waals surface area contributed by atoms with Gasteiger partial charge in [-0.2, -0.15) is 0 Å². The largest absolute Gasteiger partial charge is 0.395 e. The zero-order valence-electron chi connectivity index (χ0n) is 11.5. The van der Waals surface area contributed by atoms with Crippen LogP contribution in [0.5, 0.6) is 0 Å². The molecule has 0 atom stereocenters. The highest BCUT2D eigenvalue weighted by molar-refractivity contribution is 5.76. The van der Waals surface area contributed by atoms with Gasteiger partial charge in [-0.15, -0.1) is 0 Å². The van der Waals surface area contributed by atoms with Gasteiger partial charge < -0.3 is 15.5 Å². The predicted octanol–water partition coefficient (Wildman–Crippen LogP) is 1.82. The SMILES string of the molecule is OCCNCCO.c1ccc2c(c1)Cc1ccccc1-2. The summed E-state index contributed by atoms with van der Waals surface area (Å²) in [6.45, 7) is 1.42. The van der Waals surface area contributed by atoms with Crippen LogP contribution in [-0.2, 0) is 6.42 Å². The molecule has 1 aliphatic rings. The van der Waals surface area contributed by atoms with Crippen molar-refractivity contribution < 1.29 is 10.2 Å². The molecule has 0 amide bonds. The van der Waals surface area contributed by atoms with Crippen LogP contribution in [0.4, 0.5) is 0 Å². The molecule has 3 N–H and O–H groups in total. The minimum atomic E-state index is 0.139. The Hall–Kier alpha value is -1.68. The lowest BCUT2D eigenvalue weighted by atomic mass is 10.1. The molecule has 0 heterocycles. The van der Waals surface area contributed by atoms with Gasteiger partial charge in [0.2, 0.25) is 0 Å². The van der Waals surface area contributed by atoms with Crippen molar-refractivity contribution in [1.82, 2.24) is 5.32 Å². The van der Waals surface area contributed by atoms with Gasteiger partial charge in [0.05, 0.1) is 13.2 Å². The van der Waals surface area contributed by atoms with Crippen LogP contribution in [0, 0.1) is 0 Å². The smallest absolute Gasteiger partial charge is 0.0555 e. The quantitative estimate of drug-likeness (QED) is 0.634. The van der Waals surface area contributed by atoms with Crippen LogP contribution in [0.1, 0.15) is 11.1 Å². The highest BCUT2D eigenvalue weighted by Gasteiger charge is 2.15. The fourth-order valence-electron chi connectivity index (χ4n) is 2.36. The number of aliphatic hydroxyl groups is 2. The molecule has 106 valence electrons. The lowest BCUT2D eigenvalue weighted by Crippen LogP contribution is -2.21. The lowest BCUT2D eigenvalue weighted by Gasteiger charge is -1.98. The van der Waals surface area contributed by atoms with E-state index in [4.69, 9.17) is 10.2 Å². The predicted molar refractivity (Wildman–Crippen MR) is 81.7 cm³/mol. The van der Waals surface area contributed by atoms with E-state index in [0.29, 0.717) is 13.1 Å². The molecule has 0 unspecified atom stereocenters. The molecule has 0 spiro atoms. The Kier molecular flexibility index (Phi) is 5.74. The second kappa shape index (κ2) is 7.80. The Morgan fingerprint density at radius 1 is 0.750 bits per heavy atom. The zero-order chi connectivity index (χ0) is 14.2. The minimum absolute atomic E-state index is 0.139. The third kappa shape index (κ3) is 3.67. The van der Waals surface area contributed by atoms with Gasteiger partial charge in [-0.25, -0.2) is 0 Å². The van der Waals surface area contributed by atoms with E-state index in [2.05, 4.69) is 53.8 Å². The molecule has 2 aromatic carbocycles. The van der Waals surface area contributed by atoms with Gasteiger partial charge in [-0.05, 0) is 28.7 Å². The molecule has 0 fully saturated rings. The molecule has 0 bridgehead atoms. The Balaban J connectivity index is 0.000000182. The Morgan fingerprint density at radius 3 is 1.65 bits per heavy atom. The molecule has 20 heavy (non-hydrogen) atoms. The van der Waals surface area contributed by atoms with Crippen molar-refractivity contribution >= 4 is 0 Å². The van der Waals surface area contributed by atoms with Gasteiger partial charge in [0.25, 0.3) is 0 Å². The summed E-state index contributed by atoms with van der Waals surface area (Å²) in [7, 11) is 0. The van der Waals surface area contributed by atoms with E-state index in [1.807, 2.05) is 0 Å². The fourth-order valence-corrected chi connectivity index (χ4v) is 2.36. The third-order valence-electron chi connectivity index (χ3n) is 3.28. The van der Waals surface area contributed by atoms with Crippen molar-refractivity contribution in [2.45, 2.75) is 6.42 Å². The minimum Gasteiger partial charge on any atom is -0.395 e. The highest BCUT2D eigenvalue weighted by atomic mass is 16.3. The highest BCUT2D eigenvalue weighted by Crippen LogP contribution is 2.35. The first-order valence-electron chi connectivity index (χ1n) is 6.95. The number of benzene rings is 2. The molecule has 2 aromatic rings. The van der Waals surface area contributed by atoms with Crippen LogP contribution in [-0.4, -0.2) is 36.5 Å². The number of rotatable bonds is 4. The Labute approximate surface area is 119 Å².